The van der Waals surface area contributed by atoms with Crippen LogP contribution in [0, 0.1) is 0 Å². The van der Waals surface area contributed by atoms with Crippen molar-refractivity contribution in [3.8, 4) is 0 Å². The molecular formula is C20H25ClN4O9S. The third-order valence-electron chi connectivity index (χ3n) is 4.76. The number of hydrogen-bond donors (Lipinski definition) is 2. The largest absolute Gasteiger partial charge is 0.473 e. The molecule has 13 nitrogen and oxygen atoms in total. The average molecular weight is 533 g/mol. The van der Waals surface area contributed by atoms with E-state index in [4.69, 9.17) is 40.7 Å². The zero-order valence-corrected chi connectivity index (χ0v) is 20.2. The molecular weight excluding hydrogens is 508 g/mol. The highest BCUT2D eigenvalue weighted by Crippen LogP contribution is 2.14. The van der Waals surface area contributed by atoms with Gasteiger partial charge >= 0.3 is 11.9 Å². The molecule has 0 aliphatic carbocycles. The molecule has 15 heteroatoms. The van der Waals surface area contributed by atoms with Gasteiger partial charge in [0.05, 0.1) is 19.0 Å². The highest BCUT2D eigenvalue weighted by Gasteiger charge is 2.26. The van der Waals surface area contributed by atoms with E-state index in [9.17, 15) is 13.2 Å². The van der Waals surface area contributed by atoms with Crippen molar-refractivity contribution >= 4 is 39.5 Å². The molecule has 0 bridgehead atoms. The van der Waals surface area contributed by atoms with Crippen LogP contribution in [0.2, 0.25) is 5.15 Å². The Balaban J connectivity index is 0.000000641. The first-order valence-electron chi connectivity index (χ1n) is 10.4. The summed E-state index contributed by atoms with van der Waals surface area (Å²) < 4.78 is 36.9. The number of nitrogens with zero attached hydrogens (tertiary/aromatic N) is 4. The van der Waals surface area contributed by atoms with Gasteiger partial charge in [0, 0.05) is 57.5 Å². The molecule has 3 heterocycles. The lowest BCUT2D eigenvalue weighted by Crippen LogP contribution is -2.44. The van der Waals surface area contributed by atoms with Crippen LogP contribution in [-0.2, 0) is 42.1 Å². The van der Waals surface area contributed by atoms with Gasteiger partial charge in [0.25, 0.3) is 0 Å². The van der Waals surface area contributed by atoms with Gasteiger partial charge in [0.15, 0.2) is 5.15 Å². The monoisotopic (exact) mass is 532 g/mol. The summed E-state index contributed by atoms with van der Waals surface area (Å²) in [5, 5.41) is 18.6. The van der Waals surface area contributed by atoms with E-state index in [0.29, 0.717) is 45.0 Å². The molecule has 35 heavy (non-hydrogen) atoms. The number of halogens is 1. The van der Waals surface area contributed by atoms with E-state index in [-0.39, 0.29) is 29.8 Å². The molecule has 1 fully saturated rings. The standard InChI is InChI=1S/C18H23ClN4O5S.C2H2O4/c19-17-13-16(28-21-17)1-2-18(24)22(14-15-3-5-20-6-4-15)9-12-29(25,26)23-7-10-27-11-8-23;3-1(4)2(5)6/h3-6,13H,1-2,7-12,14H2;(H,3,4)(H,5,6). The summed E-state index contributed by atoms with van der Waals surface area (Å²) >= 11 is 5.73. The number of ether oxygens (including phenoxy) is 1. The van der Waals surface area contributed by atoms with Gasteiger partial charge in [-0.25, -0.2) is 18.0 Å². The van der Waals surface area contributed by atoms with Crippen LogP contribution in [0.4, 0.5) is 0 Å². The van der Waals surface area contributed by atoms with E-state index in [0.717, 1.165) is 5.56 Å². The molecule has 192 valence electrons. The maximum atomic E-state index is 12.8. The number of carboxylic acid groups (broad SMARTS) is 2. The third kappa shape index (κ3) is 9.98. The summed E-state index contributed by atoms with van der Waals surface area (Å²) in [6, 6.07) is 5.16. The molecule has 2 aromatic rings. The molecule has 1 amide bonds. The predicted molar refractivity (Wildman–Crippen MR) is 121 cm³/mol. The Morgan fingerprint density at radius 2 is 1.74 bits per heavy atom. The summed E-state index contributed by atoms with van der Waals surface area (Å²) in [5.74, 6) is -3.46. The Bertz CT molecular complexity index is 1080. The Kier molecular flexibility index (Phi) is 11.0. The fourth-order valence-corrected chi connectivity index (χ4v) is 4.54. The number of amides is 1. The number of pyridine rings is 1. The van der Waals surface area contributed by atoms with Crippen LogP contribution in [-0.4, -0.2) is 94.4 Å². The first kappa shape index (κ1) is 28.2. The molecule has 0 spiro atoms. The molecule has 1 saturated heterocycles. The number of carboxylic acids is 2. The minimum atomic E-state index is -3.47. The first-order valence-corrected chi connectivity index (χ1v) is 12.4. The lowest BCUT2D eigenvalue weighted by molar-refractivity contribution is -0.159. The van der Waals surface area contributed by atoms with E-state index in [1.807, 2.05) is 0 Å². The maximum Gasteiger partial charge on any atom is 0.414 e. The lowest BCUT2D eigenvalue weighted by Gasteiger charge is -2.28. The number of rotatable bonds is 9. The predicted octanol–water partition coefficient (Wildman–Crippen LogP) is 0.502. The molecule has 2 aromatic heterocycles. The molecule has 1 aliphatic heterocycles. The van der Waals surface area contributed by atoms with Gasteiger partial charge in [0.1, 0.15) is 5.76 Å². The van der Waals surface area contributed by atoms with Crippen LogP contribution in [0.25, 0.3) is 0 Å². The van der Waals surface area contributed by atoms with Crippen LogP contribution in [0.3, 0.4) is 0 Å². The fourth-order valence-electron chi connectivity index (χ4n) is 2.97. The Labute approximate surface area is 206 Å². The van der Waals surface area contributed by atoms with Crippen LogP contribution < -0.4 is 0 Å². The zero-order chi connectivity index (χ0) is 25.8. The Morgan fingerprint density at radius 1 is 1.11 bits per heavy atom. The van der Waals surface area contributed by atoms with E-state index < -0.39 is 22.0 Å². The second kappa shape index (κ2) is 13.7. The minimum absolute atomic E-state index is 0.0952. The van der Waals surface area contributed by atoms with Crippen molar-refractivity contribution in [1.82, 2.24) is 19.3 Å². The van der Waals surface area contributed by atoms with Crippen molar-refractivity contribution < 1.29 is 42.3 Å². The van der Waals surface area contributed by atoms with E-state index >= 15 is 0 Å². The zero-order valence-electron chi connectivity index (χ0n) is 18.6. The number of aromatic nitrogens is 2. The van der Waals surface area contributed by atoms with Crippen molar-refractivity contribution in [2.45, 2.75) is 19.4 Å². The van der Waals surface area contributed by atoms with Gasteiger partial charge in [-0.3, -0.25) is 9.78 Å². The number of aryl methyl sites for hydroxylation is 1. The van der Waals surface area contributed by atoms with Crippen LogP contribution in [0.1, 0.15) is 17.7 Å². The SMILES string of the molecule is O=C(CCc1cc(Cl)no1)N(CCS(=O)(=O)N1CCOCC1)Cc1ccncc1.O=C(O)C(=O)O. The molecule has 2 N–H and O–H groups in total. The third-order valence-corrected chi connectivity index (χ3v) is 6.79. The normalized spacial score (nSPS) is 14.0. The minimum Gasteiger partial charge on any atom is -0.473 e. The number of carbonyl (C=O) groups excluding carboxylic acids is 1. The molecule has 1 aliphatic rings. The van der Waals surface area contributed by atoms with Crippen LogP contribution >= 0.6 is 11.6 Å². The smallest absolute Gasteiger partial charge is 0.414 e. The second-order valence-electron chi connectivity index (χ2n) is 7.22. The summed E-state index contributed by atoms with van der Waals surface area (Å²) in [4.78, 5) is 36.5. The highest BCUT2D eigenvalue weighted by molar-refractivity contribution is 7.89. The maximum absolute atomic E-state index is 12.8. The Hall–Kier alpha value is -3.07. The van der Waals surface area contributed by atoms with Crippen molar-refractivity contribution in [3.05, 3.63) is 47.1 Å². The molecule has 0 atom stereocenters. The fraction of sp³-hybridized carbons (Fsp3) is 0.450. The molecule has 3 rings (SSSR count). The van der Waals surface area contributed by atoms with Crippen molar-refractivity contribution in [1.29, 1.82) is 0 Å². The van der Waals surface area contributed by atoms with E-state index in [1.165, 1.54) is 4.31 Å². The van der Waals surface area contributed by atoms with E-state index in [1.54, 1.807) is 35.5 Å². The molecule has 0 aromatic carbocycles. The number of morpholine rings is 1. The first-order chi connectivity index (χ1) is 16.6. The van der Waals surface area contributed by atoms with Gasteiger partial charge < -0.3 is 24.4 Å². The number of hydrogen-bond acceptors (Lipinski definition) is 9. The highest BCUT2D eigenvalue weighted by atomic mass is 35.5. The summed E-state index contributed by atoms with van der Waals surface area (Å²) in [6.07, 6.45) is 3.77. The number of carbonyl (C=O) groups is 3. The topological polar surface area (TPSA) is 180 Å². The van der Waals surface area contributed by atoms with Gasteiger partial charge in [-0.05, 0) is 17.7 Å². The number of sulfonamides is 1. The van der Waals surface area contributed by atoms with Crippen molar-refractivity contribution in [3.63, 3.8) is 0 Å². The van der Waals surface area contributed by atoms with Crippen molar-refractivity contribution in [2.75, 3.05) is 38.6 Å². The van der Waals surface area contributed by atoms with Crippen LogP contribution in [0.15, 0.2) is 35.1 Å². The average Bonchev–Trinajstić information content (AvgIpc) is 3.26. The van der Waals surface area contributed by atoms with Gasteiger partial charge in [0.2, 0.25) is 15.9 Å². The summed E-state index contributed by atoms with van der Waals surface area (Å²) in [5.41, 5.74) is 0.875. The number of aliphatic carboxylic acids is 2. The van der Waals surface area contributed by atoms with Crippen LogP contribution in [0.5, 0.6) is 0 Å². The molecule has 0 unspecified atom stereocenters. The Morgan fingerprint density at radius 3 is 2.29 bits per heavy atom. The van der Waals surface area contributed by atoms with Gasteiger partial charge in [-0.2, -0.15) is 4.31 Å². The van der Waals surface area contributed by atoms with Gasteiger partial charge in [-0.15, -0.1) is 0 Å². The second-order valence-corrected chi connectivity index (χ2v) is 9.70. The summed E-state index contributed by atoms with van der Waals surface area (Å²) in [7, 11) is -3.47. The quantitative estimate of drug-likeness (QED) is 0.429. The lowest BCUT2D eigenvalue weighted by atomic mass is 10.2. The van der Waals surface area contributed by atoms with E-state index in [2.05, 4.69) is 10.1 Å². The van der Waals surface area contributed by atoms with Gasteiger partial charge in [-0.1, -0.05) is 16.8 Å². The molecule has 0 saturated carbocycles. The van der Waals surface area contributed by atoms with Crippen molar-refractivity contribution in [2.24, 2.45) is 0 Å². The molecule has 0 radical (unpaired) electrons. The summed E-state index contributed by atoms with van der Waals surface area (Å²) in [6.45, 7) is 1.85.